The number of aryl methyl sites for hydroxylation is 2. The summed E-state index contributed by atoms with van der Waals surface area (Å²) in [7, 11) is 0. The van der Waals surface area contributed by atoms with E-state index in [-0.39, 0.29) is 18.4 Å². The van der Waals surface area contributed by atoms with Gasteiger partial charge in [0.05, 0.1) is 5.56 Å². The van der Waals surface area contributed by atoms with Gasteiger partial charge in [0.25, 0.3) is 5.91 Å². The van der Waals surface area contributed by atoms with E-state index in [1.807, 2.05) is 55.5 Å². The van der Waals surface area contributed by atoms with Crippen molar-refractivity contribution in [1.29, 1.82) is 0 Å². The number of carbonyl (C=O) groups excluding carboxylic acids is 2. The van der Waals surface area contributed by atoms with E-state index in [9.17, 15) is 14.4 Å². The monoisotopic (exact) mass is 429 g/mol. The van der Waals surface area contributed by atoms with Gasteiger partial charge in [-0.15, -0.1) is 5.10 Å². The number of amides is 2. The predicted molar refractivity (Wildman–Crippen MR) is 123 cm³/mol. The largest absolute Gasteiger partial charge is 0.350 e. The number of hydrogen-bond donors (Lipinski definition) is 2. The Bertz CT molecular complexity index is 1340. The second-order valence-corrected chi connectivity index (χ2v) is 7.51. The SMILES string of the molecule is CCc1ccc(NC(=O)Cn2nc3ccc(C(=O)Nc4ccc(C)cc4)cn3c2=O)cc1. The Morgan fingerprint density at radius 2 is 1.56 bits per heavy atom. The van der Waals surface area contributed by atoms with E-state index in [1.165, 1.54) is 16.2 Å². The zero-order valence-electron chi connectivity index (χ0n) is 17.8. The number of rotatable bonds is 6. The molecule has 8 heteroatoms. The lowest BCUT2D eigenvalue weighted by Crippen LogP contribution is -2.28. The average molecular weight is 429 g/mol. The van der Waals surface area contributed by atoms with Crippen molar-refractivity contribution in [3.8, 4) is 0 Å². The molecular weight excluding hydrogens is 406 g/mol. The van der Waals surface area contributed by atoms with Crippen LogP contribution in [0.15, 0.2) is 71.7 Å². The lowest BCUT2D eigenvalue weighted by molar-refractivity contribution is -0.117. The van der Waals surface area contributed by atoms with E-state index in [2.05, 4.69) is 22.7 Å². The lowest BCUT2D eigenvalue weighted by Gasteiger charge is -2.05. The summed E-state index contributed by atoms with van der Waals surface area (Å²) in [4.78, 5) is 37.7. The first-order valence-electron chi connectivity index (χ1n) is 10.3. The molecule has 4 rings (SSSR count). The number of carbonyl (C=O) groups is 2. The maximum absolute atomic E-state index is 12.7. The van der Waals surface area contributed by atoms with Crippen LogP contribution in [0.1, 0.15) is 28.4 Å². The third kappa shape index (κ3) is 4.59. The molecule has 0 radical (unpaired) electrons. The standard InChI is InChI=1S/C24H23N5O3/c1-3-17-6-11-19(12-7-17)25-22(30)15-29-24(32)28-14-18(8-13-21(28)27-29)23(31)26-20-9-4-16(2)5-10-20/h4-14H,3,15H2,1-2H3,(H,25,30)(H,26,31). The quantitative estimate of drug-likeness (QED) is 0.492. The van der Waals surface area contributed by atoms with Crippen molar-refractivity contribution in [2.24, 2.45) is 0 Å². The normalized spacial score (nSPS) is 10.8. The molecule has 0 aliphatic heterocycles. The van der Waals surface area contributed by atoms with Gasteiger partial charge in [0.15, 0.2) is 5.65 Å². The van der Waals surface area contributed by atoms with E-state index >= 15 is 0 Å². The zero-order chi connectivity index (χ0) is 22.7. The maximum atomic E-state index is 12.7. The van der Waals surface area contributed by atoms with Gasteiger partial charge in [0.2, 0.25) is 5.91 Å². The second-order valence-electron chi connectivity index (χ2n) is 7.51. The third-order valence-corrected chi connectivity index (χ3v) is 5.09. The van der Waals surface area contributed by atoms with Gasteiger partial charge in [-0.2, -0.15) is 0 Å². The highest BCUT2D eigenvalue weighted by Crippen LogP contribution is 2.12. The Labute approximate surface area is 184 Å². The van der Waals surface area contributed by atoms with Crippen molar-refractivity contribution in [3.63, 3.8) is 0 Å². The molecule has 0 unspecified atom stereocenters. The van der Waals surface area contributed by atoms with Crippen molar-refractivity contribution in [3.05, 3.63) is 94.0 Å². The van der Waals surface area contributed by atoms with Crippen LogP contribution in [-0.2, 0) is 17.8 Å². The van der Waals surface area contributed by atoms with Crippen LogP contribution in [0.3, 0.4) is 0 Å². The predicted octanol–water partition coefficient (Wildman–Crippen LogP) is 3.26. The highest BCUT2D eigenvalue weighted by molar-refractivity contribution is 6.04. The first kappa shape index (κ1) is 21.0. The minimum Gasteiger partial charge on any atom is -0.324 e. The van der Waals surface area contributed by atoms with Crippen LogP contribution in [0.25, 0.3) is 5.65 Å². The summed E-state index contributed by atoms with van der Waals surface area (Å²) < 4.78 is 2.33. The van der Waals surface area contributed by atoms with Crippen molar-refractivity contribution in [1.82, 2.24) is 14.2 Å². The van der Waals surface area contributed by atoms with Crippen molar-refractivity contribution in [2.45, 2.75) is 26.8 Å². The number of benzene rings is 2. The molecule has 0 aliphatic carbocycles. The van der Waals surface area contributed by atoms with Crippen molar-refractivity contribution >= 4 is 28.8 Å². The van der Waals surface area contributed by atoms with Crippen LogP contribution in [0.2, 0.25) is 0 Å². The molecular formula is C24H23N5O3. The molecule has 2 N–H and O–H groups in total. The summed E-state index contributed by atoms with van der Waals surface area (Å²) in [5.41, 5.74) is 3.72. The Balaban J connectivity index is 1.49. The molecule has 8 nitrogen and oxygen atoms in total. The van der Waals surface area contributed by atoms with Gasteiger partial charge in [-0.1, -0.05) is 36.8 Å². The first-order chi connectivity index (χ1) is 15.4. The minimum atomic E-state index is -0.499. The molecule has 0 aliphatic rings. The highest BCUT2D eigenvalue weighted by Gasteiger charge is 2.14. The molecule has 0 spiro atoms. The summed E-state index contributed by atoms with van der Waals surface area (Å²) >= 11 is 0. The highest BCUT2D eigenvalue weighted by atomic mass is 16.2. The Hall–Kier alpha value is -4.20. The van der Waals surface area contributed by atoms with Crippen LogP contribution < -0.4 is 16.3 Å². The van der Waals surface area contributed by atoms with Gasteiger partial charge in [-0.3, -0.25) is 9.59 Å². The van der Waals surface area contributed by atoms with Crippen LogP contribution in [0.5, 0.6) is 0 Å². The molecule has 0 atom stereocenters. The molecule has 2 aromatic heterocycles. The van der Waals surface area contributed by atoms with E-state index in [0.29, 0.717) is 22.6 Å². The van der Waals surface area contributed by atoms with Crippen LogP contribution in [0.4, 0.5) is 11.4 Å². The smallest absolute Gasteiger partial charge is 0.324 e. The Morgan fingerprint density at radius 1 is 0.906 bits per heavy atom. The Morgan fingerprint density at radius 3 is 2.25 bits per heavy atom. The summed E-state index contributed by atoms with van der Waals surface area (Å²) in [5.74, 6) is -0.708. The fraction of sp³-hybridized carbons (Fsp3) is 0.167. The molecule has 2 amide bonds. The van der Waals surface area contributed by atoms with E-state index in [4.69, 9.17) is 0 Å². The number of nitrogens with zero attached hydrogens (tertiary/aromatic N) is 3. The van der Waals surface area contributed by atoms with Gasteiger partial charge in [-0.05, 0) is 55.3 Å². The molecule has 0 saturated heterocycles. The number of aromatic nitrogens is 3. The average Bonchev–Trinajstić information content (AvgIpc) is 3.10. The Kier molecular flexibility index (Phi) is 5.85. The first-order valence-corrected chi connectivity index (χ1v) is 10.3. The van der Waals surface area contributed by atoms with Crippen LogP contribution in [0, 0.1) is 6.92 Å². The fourth-order valence-corrected chi connectivity index (χ4v) is 3.26. The maximum Gasteiger partial charge on any atom is 0.350 e. The van der Waals surface area contributed by atoms with Gasteiger partial charge in [-0.25, -0.2) is 13.9 Å². The summed E-state index contributed by atoms with van der Waals surface area (Å²) in [6.45, 7) is 3.79. The van der Waals surface area contributed by atoms with Crippen LogP contribution >= 0.6 is 0 Å². The number of nitrogens with one attached hydrogen (secondary N) is 2. The van der Waals surface area contributed by atoms with Gasteiger partial charge < -0.3 is 10.6 Å². The second kappa shape index (κ2) is 8.89. The van der Waals surface area contributed by atoms with Crippen LogP contribution in [-0.4, -0.2) is 26.0 Å². The van der Waals surface area contributed by atoms with Gasteiger partial charge in [0.1, 0.15) is 6.54 Å². The minimum absolute atomic E-state index is 0.235. The van der Waals surface area contributed by atoms with E-state index < -0.39 is 5.69 Å². The van der Waals surface area contributed by atoms with Gasteiger partial charge >= 0.3 is 5.69 Å². The third-order valence-electron chi connectivity index (χ3n) is 5.09. The zero-order valence-corrected chi connectivity index (χ0v) is 17.8. The number of fused-ring (bicyclic) bond motifs is 1. The topological polar surface area (TPSA) is 97.5 Å². The van der Waals surface area contributed by atoms with Gasteiger partial charge in [0, 0.05) is 17.6 Å². The molecule has 2 aromatic carbocycles. The van der Waals surface area contributed by atoms with E-state index in [0.717, 1.165) is 16.7 Å². The number of pyridine rings is 1. The van der Waals surface area contributed by atoms with Crippen molar-refractivity contribution in [2.75, 3.05) is 10.6 Å². The molecule has 32 heavy (non-hydrogen) atoms. The summed E-state index contributed by atoms with van der Waals surface area (Å²) in [6.07, 6.45) is 2.34. The lowest BCUT2D eigenvalue weighted by atomic mass is 10.1. The molecule has 2 heterocycles. The number of hydrogen-bond acceptors (Lipinski definition) is 4. The van der Waals surface area contributed by atoms with Crippen molar-refractivity contribution < 1.29 is 9.59 Å². The molecule has 162 valence electrons. The molecule has 0 bridgehead atoms. The fourth-order valence-electron chi connectivity index (χ4n) is 3.26. The molecule has 0 fully saturated rings. The molecule has 4 aromatic rings. The molecule has 0 saturated carbocycles. The van der Waals surface area contributed by atoms with E-state index in [1.54, 1.807) is 12.1 Å². The summed E-state index contributed by atoms with van der Waals surface area (Å²) in [6, 6.07) is 18.1. The number of anilines is 2. The summed E-state index contributed by atoms with van der Waals surface area (Å²) in [5, 5.41) is 9.75.